The monoisotopic (exact) mass is 351 g/mol. The standard InChI is InChI=1S/C18H14N4S2/c19-17-21(13-7-3-1-4-8-13)15(11-23-17)16-12-24-18(20)22(16)14-9-5-2-6-10-14/h1-12,19-20H/p+1. The molecule has 0 spiro atoms. The molecular formula is C18H15N4S2+. The van der Waals surface area contributed by atoms with E-state index in [1.165, 1.54) is 22.7 Å². The Morgan fingerprint density at radius 2 is 1.54 bits per heavy atom. The average Bonchev–Trinajstić information content (AvgIpc) is 3.19. The van der Waals surface area contributed by atoms with Gasteiger partial charge in [0.2, 0.25) is 0 Å². The molecule has 0 bridgehead atoms. The minimum atomic E-state index is 0.487. The summed E-state index contributed by atoms with van der Waals surface area (Å²) in [4.78, 5) is 0.487. The summed E-state index contributed by atoms with van der Waals surface area (Å²) in [5, 5.41) is 13.1. The summed E-state index contributed by atoms with van der Waals surface area (Å²) < 4.78 is 3.98. The summed E-state index contributed by atoms with van der Waals surface area (Å²) in [7, 11) is 0. The largest absolute Gasteiger partial charge is 0.337 e. The Kier molecular flexibility index (Phi) is 3.76. The maximum Gasteiger partial charge on any atom is 0.337 e. The van der Waals surface area contributed by atoms with Crippen LogP contribution in [0.1, 0.15) is 0 Å². The van der Waals surface area contributed by atoms with Crippen molar-refractivity contribution in [3.05, 3.63) is 76.2 Å². The van der Waals surface area contributed by atoms with Crippen LogP contribution in [0.5, 0.6) is 0 Å². The van der Waals surface area contributed by atoms with E-state index in [1.54, 1.807) is 0 Å². The Bertz CT molecular complexity index is 1030. The second-order valence-corrected chi connectivity index (χ2v) is 6.97. The third kappa shape index (κ3) is 2.46. The van der Waals surface area contributed by atoms with Crippen LogP contribution in [0.3, 0.4) is 0 Å². The number of hydrogen-bond donors (Lipinski definition) is 2. The molecule has 4 nitrogen and oxygen atoms in total. The van der Waals surface area contributed by atoms with Gasteiger partial charge in [-0.15, -0.1) is 11.3 Å². The molecule has 0 aliphatic rings. The molecule has 0 radical (unpaired) electrons. The molecule has 3 N–H and O–H groups in total. The van der Waals surface area contributed by atoms with Crippen molar-refractivity contribution in [2.45, 2.75) is 0 Å². The zero-order chi connectivity index (χ0) is 16.5. The van der Waals surface area contributed by atoms with E-state index in [0.29, 0.717) is 9.93 Å². The molecule has 118 valence electrons. The van der Waals surface area contributed by atoms with Crippen molar-refractivity contribution in [1.29, 1.82) is 5.41 Å². The highest BCUT2D eigenvalue weighted by molar-refractivity contribution is 7.13. The van der Waals surface area contributed by atoms with Crippen molar-refractivity contribution < 1.29 is 4.57 Å². The average molecular weight is 351 g/mol. The van der Waals surface area contributed by atoms with Crippen molar-refractivity contribution in [2.24, 2.45) is 0 Å². The van der Waals surface area contributed by atoms with Crippen LogP contribution in [0, 0.1) is 5.41 Å². The maximum atomic E-state index is 8.30. The van der Waals surface area contributed by atoms with Gasteiger partial charge in [0.05, 0.1) is 0 Å². The molecule has 0 aliphatic heterocycles. The van der Waals surface area contributed by atoms with Gasteiger partial charge in [0, 0.05) is 16.4 Å². The van der Waals surface area contributed by atoms with E-state index in [9.17, 15) is 0 Å². The van der Waals surface area contributed by atoms with Gasteiger partial charge in [-0.3, -0.25) is 15.7 Å². The number of rotatable bonds is 3. The van der Waals surface area contributed by atoms with Gasteiger partial charge in [-0.05, 0) is 24.3 Å². The second kappa shape index (κ2) is 6.07. The number of benzene rings is 2. The quantitative estimate of drug-likeness (QED) is 0.544. The highest BCUT2D eigenvalue weighted by atomic mass is 32.1. The highest BCUT2D eigenvalue weighted by Gasteiger charge is 2.22. The fourth-order valence-corrected chi connectivity index (χ4v) is 4.22. The fraction of sp³-hybridized carbons (Fsp3) is 0. The molecule has 4 rings (SSSR count). The zero-order valence-electron chi connectivity index (χ0n) is 12.7. The van der Waals surface area contributed by atoms with E-state index in [2.05, 4.69) is 0 Å². The van der Waals surface area contributed by atoms with Crippen LogP contribution in [0.2, 0.25) is 0 Å². The smallest absolute Gasteiger partial charge is 0.282 e. The van der Waals surface area contributed by atoms with Crippen molar-refractivity contribution in [1.82, 2.24) is 4.57 Å². The molecule has 0 fully saturated rings. The SMILES string of the molecule is N=c1scc(-c2csc(N)[n+]2-c2ccccc2)n1-c1ccccc1. The molecule has 0 saturated carbocycles. The summed E-state index contributed by atoms with van der Waals surface area (Å²) in [5.74, 6) is 0. The van der Waals surface area contributed by atoms with Crippen molar-refractivity contribution >= 4 is 27.8 Å². The molecule has 2 aromatic heterocycles. The fourth-order valence-electron chi connectivity index (χ4n) is 2.69. The second-order valence-electron chi connectivity index (χ2n) is 5.23. The Morgan fingerprint density at radius 3 is 2.25 bits per heavy atom. The number of aromatic nitrogens is 2. The van der Waals surface area contributed by atoms with Gasteiger partial charge >= 0.3 is 5.13 Å². The molecule has 6 heteroatoms. The molecule has 0 atom stereocenters. The third-order valence-corrected chi connectivity index (χ3v) is 5.28. The van der Waals surface area contributed by atoms with E-state index in [1.807, 2.05) is 80.6 Å². The summed E-state index contributed by atoms with van der Waals surface area (Å²) in [6, 6.07) is 20.0. The van der Waals surface area contributed by atoms with E-state index in [0.717, 1.165) is 22.8 Å². The van der Waals surface area contributed by atoms with Crippen LogP contribution in [-0.4, -0.2) is 4.57 Å². The van der Waals surface area contributed by atoms with Gasteiger partial charge in [-0.25, -0.2) is 0 Å². The van der Waals surface area contributed by atoms with Gasteiger partial charge in [0.1, 0.15) is 11.4 Å². The molecule has 24 heavy (non-hydrogen) atoms. The first-order chi connectivity index (χ1) is 11.8. The lowest BCUT2D eigenvalue weighted by molar-refractivity contribution is -0.563. The topological polar surface area (TPSA) is 58.7 Å². The summed E-state index contributed by atoms with van der Waals surface area (Å²) in [5.41, 5.74) is 10.2. The van der Waals surface area contributed by atoms with Crippen LogP contribution in [0.25, 0.3) is 22.8 Å². The normalized spacial score (nSPS) is 10.8. The molecule has 0 amide bonds. The Labute approximate surface area is 147 Å². The van der Waals surface area contributed by atoms with Crippen molar-refractivity contribution in [3.8, 4) is 22.8 Å². The van der Waals surface area contributed by atoms with Gasteiger partial charge in [0.15, 0.2) is 10.5 Å². The minimum Gasteiger partial charge on any atom is -0.282 e. The lowest BCUT2D eigenvalue weighted by Gasteiger charge is -2.08. The van der Waals surface area contributed by atoms with E-state index in [4.69, 9.17) is 11.1 Å². The molecule has 0 aliphatic carbocycles. The van der Waals surface area contributed by atoms with Crippen LogP contribution in [0.15, 0.2) is 71.4 Å². The molecule has 4 aromatic rings. The van der Waals surface area contributed by atoms with E-state index in [-0.39, 0.29) is 0 Å². The molecule has 0 saturated heterocycles. The number of nitrogens with two attached hydrogens (primary N) is 1. The molecule has 2 heterocycles. The number of para-hydroxylation sites is 2. The third-order valence-electron chi connectivity index (χ3n) is 3.77. The first kappa shape index (κ1) is 14.9. The van der Waals surface area contributed by atoms with Crippen LogP contribution < -0.4 is 15.1 Å². The van der Waals surface area contributed by atoms with E-state index >= 15 is 0 Å². The van der Waals surface area contributed by atoms with E-state index < -0.39 is 0 Å². The lowest BCUT2D eigenvalue weighted by Crippen LogP contribution is -2.34. The van der Waals surface area contributed by atoms with Crippen LogP contribution in [-0.2, 0) is 0 Å². The van der Waals surface area contributed by atoms with Gasteiger partial charge in [-0.1, -0.05) is 47.7 Å². The highest BCUT2D eigenvalue weighted by Crippen LogP contribution is 2.26. The van der Waals surface area contributed by atoms with Crippen molar-refractivity contribution in [2.75, 3.05) is 5.73 Å². The summed E-state index contributed by atoms with van der Waals surface area (Å²) in [6.07, 6.45) is 0. The van der Waals surface area contributed by atoms with Gasteiger partial charge in [-0.2, -0.15) is 4.57 Å². The number of anilines is 1. The Balaban J connectivity index is 1.96. The van der Waals surface area contributed by atoms with Gasteiger partial charge in [0.25, 0.3) is 0 Å². The number of nitrogens with one attached hydrogen (secondary N) is 1. The maximum absolute atomic E-state index is 8.30. The first-order valence-corrected chi connectivity index (χ1v) is 9.17. The number of thiazole rings is 2. The molecule has 2 aromatic carbocycles. The summed E-state index contributed by atoms with van der Waals surface area (Å²) in [6.45, 7) is 0. The Morgan fingerprint density at radius 1 is 0.875 bits per heavy atom. The number of nitrogen functional groups attached to an aromatic ring is 1. The molecule has 0 unspecified atom stereocenters. The lowest BCUT2D eigenvalue weighted by atomic mass is 10.2. The van der Waals surface area contributed by atoms with Crippen LogP contribution >= 0.6 is 22.7 Å². The number of hydrogen-bond acceptors (Lipinski definition) is 4. The molecular weight excluding hydrogens is 336 g/mol. The van der Waals surface area contributed by atoms with Crippen LogP contribution in [0.4, 0.5) is 5.13 Å². The minimum absolute atomic E-state index is 0.487. The van der Waals surface area contributed by atoms with Gasteiger partial charge < -0.3 is 0 Å². The predicted octanol–water partition coefficient (Wildman–Crippen LogP) is 3.61. The van der Waals surface area contributed by atoms with Crippen molar-refractivity contribution in [3.63, 3.8) is 0 Å². The number of nitrogens with zero attached hydrogens (tertiary/aromatic N) is 2. The first-order valence-electron chi connectivity index (χ1n) is 7.41. The zero-order valence-corrected chi connectivity index (χ0v) is 14.3. The Hall–Kier alpha value is -2.70. The predicted molar refractivity (Wildman–Crippen MR) is 98.8 cm³/mol. The summed E-state index contributed by atoms with van der Waals surface area (Å²) >= 11 is 2.92.